The lowest BCUT2D eigenvalue weighted by Gasteiger charge is -2.14. The summed E-state index contributed by atoms with van der Waals surface area (Å²) in [5.41, 5.74) is 3.76. The fourth-order valence-corrected chi connectivity index (χ4v) is 2.57. The van der Waals surface area contributed by atoms with E-state index < -0.39 is 0 Å². The van der Waals surface area contributed by atoms with E-state index in [1.165, 1.54) is 37.1 Å². The molecular formula is C12H21N3. The molecule has 1 aliphatic carbocycles. The van der Waals surface area contributed by atoms with Gasteiger partial charge in [-0.15, -0.1) is 0 Å². The number of nitrogens with zero attached hydrogens (tertiary/aromatic N) is 2. The number of nitrogens with one attached hydrogen (secondary N) is 1. The molecule has 0 radical (unpaired) electrons. The third-order valence-electron chi connectivity index (χ3n) is 3.38. The van der Waals surface area contributed by atoms with Gasteiger partial charge in [0.05, 0.1) is 17.1 Å². The Morgan fingerprint density at radius 2 is 2.07 bits per heavy atom. The van der Waals surface area contributed by atoms with Crippen molar-refractivity contribution in [3.05, 3.63) is 11.4 Å². The molecule has 0 aliphatic heterocycles. The molecule has 1 saturated carbocycles. The zero-order chi connectivity index (χ0) is 10.8. The number of aryl methyl sites for hydroxylation is 2. The Morgan fingerprint density at radius 1 is 1.40 bits per heavy atom. The minimum atomic E-state index is 0.679. The summed E-state index contributed by atoms with van der Waals surface area (Å²) in [4.78, 5) is 0. The molecule has 3 nitrogen and oxygen atoms in total. The Morgan fingerprint density at radius 3 is 2.67 bits per heavy atom. The van der Waals surface area contributed by atoms with Gasteiger partial charge >= 0.3 is 0 Å². The van der Waals surface area contributed by atoms with Crippen molar-refractivity contribution in [1.82, 2.24) is 9.78 Å². The van der Waals surface area contributed by atoms with Crippen LogP contribution in [0.3, 0.4) is 0 Å². The molecular weight excluding hydrogens is 186 g/mol. The average molecular weight is 207 g/mol. The van der Waals surface area contributed by atoms with Crippen LogP contribution in [0, 0.1) is 6.92 Å². The molecule has 3 heteroatoms. The molecule has 1 fully saturated rings. The van der Waals surface area contributed by atoms with Gasteiger partial charge in [0.1, 0.15) is 0 Å². The second-order valence-corrected chi connectivity index (χ2v) is 4.51. The van der Waals surface area contributed by atoms with Gasteiger partial charge in [0.25, 0.3) is 0 Å². The molecule has 0 saturated heterocycles. The first kappa shape index (κ1) is 10.5. The van der Waals surface area contributed by atoms with Gasteiger partial charge in [-0.05, 0) is 26.2 Å². The quantitative estimate of drug-likeness (QED) is 0.825. The van der Waals surface area contributed by atoms with E-state index in [9.17, 15) is 0 Å². The van der Waals surface area contributed by atoms with E-state index in [0.717, 1.165) is 12.1 Å². The SMILES string of the molecule is CCc1c(NC2CCCC2)c(C)nn1C. The summed E-state index contributed by atoms with van der Waals surface area (Å²) in [7, 11) is 2.03. The summed E-state index contributed by atoms with van der Waals surface area (Å²) in [6.07, 6.45) is 6.43. The summed E-state index contributed by atoms with van der Waals surface area (Å²) >= 11 is 0. The van der Waals surface area contributed by atoms with Gasteiger partial charge in [-0.1, -0.05) is 19.8 Å². The molecule has 84 valence electrons. The third-order valence-corrected chi connectivity index (χ3v) is 3.38. The van der Waals surface area contributed by atoms with Gasteiger partial charge in [0.2, 0.25) is 0 Å². The van der Waals surface area contributed by atoms with E-state index in [0.29, 0.717) is 6.04 Å². The Balaban J connectivity index is 2.18. The zero-order valence-corrected chi connectivity index (χ0v) is 10.0. The lowest BCUT2D eigenvalue weighted by molar-refractivity contribution is 0.709. The molecule has 0 atom stereocenters. The highest BCUT2D eigenvalue weighted by Gasteiger charge is 2.18. The van der Waals surface area contributed by atoms with Gasteiger partial charge in [-0.25, -0.2) is 0 Å². The van der Waals surface area contributed by atoms with Crippen LogP contribution in [0.15, 0.2) is 0 Å². The van der Waals surface area contributed by atoms with Crippen LogP contribution in [0.5, 0.6) is 0 Å². The predicted molar refractivity (Wildman–Crippen MR) is 63.2 cm³/mol. The second kappa shape index (κ2) is 4.25. The van der Waals surface area contributed by atoms with Gasteiger partial charge in [0, 0.05) is 13.1 Å². The van der Waals surface area contributed by atoms with Crippen molar-refractivity contribution in [1.29, 1.82) is 0 Å². The maximum Gasteiger partial charge on any atom is 0.0828 e. The molecule has 0 amide bonds. The summed E-state index contributed by atoms with van der Waals surface area (Å²) in [6.45, 7) is 4.28. The normalized spacial score (nSPS) is 17.3. The first-order chi connectivity index (χ1) is 7.22. The van der Waals surface area contributed by atoms with Crippen LogP contribution >= 0.6 is 0 Å². The van der Waals surface area contributed by atoms with Crippen molar-refractivity contribution in [3.63, 3.8) is 0 Å². The fourth-order valence-electron chi connectivity index (χ4n) is 2.57. The monoisotopic (exact) mass is 207 g/mol. The van der Waals surface area contributed by atoms with E-state index in [2.05, 4.69) is 24.3 Å². The maximum absolute atomic E-state index is 4.48. The van der Waals surface area contributed by atoms with E-state index >= 15 is 0 Å². The van der Waals surface area contributed by atoms with Crippen LogP contribution in [0.4, 0.5) is 5.69 Å². The maximum atomic E-state index is 4.48. The van der Waals surface area contributed by atoms with Crippen molar-refractivity contribution >= 4 is 5.69 Å². The van der Waals surface area contributed by atoms with E-state index in [-0.39, 0.29) is 0 Å². The Bertz CT molecular complexity index is 335. The minimum absolute atomic E-state index is 0.679. The highest BCUT2D eigenvalue weighted by Crippen LogP contribution is 2.26. The molecule has 0 spiro atoms. The number of rotatable bonds is 3. The first-order valence-electron chi connectivity index (χ1n) is 6.01. The Labute approximate surface area is 91.9 Å². The van der Waals surface area contributed by atoms with E-state index in [1.807, 2.05) is 11.7 Å². The summed E-state index contributed by atoms with van der Waals surface area (Å²) < 4.78 is 2.01. The number of aromatic nitrogens is 2. The number of anilines is 1. The zero-order valence-electron chi connectivity index (χ0n) is 10.0. The Hall–Kier alpha value is -0.990. The van der Waals surface area contributed by atoms with E-state index in [4.69, 9.17) is 0 Å². The number of hydrogen-bond donors (Lipinski definition) is 1. The molecule has 15 heavy (non-hydrogen) atoms. The molecule has 1 heterocycles. The lowest BCUT2D eigenvalue weighted by atomic mass is 10.2. The summed E-state index contributed by atoms with van der Waals surface area (Å²) in [5.74, 6) is 0. The van der Waals surface area contributed by atoms with Crippen LogP contribution in [0.25, 0.3) is 0 Å². The van der Waals surface area contributed by atoms with Crippen LogP contribution in [0.1, 0.15) is 44.0 Å². The molecule has 1 N–H and O–H groups in total. The van der Waals surface area contributed by atoms with Crippen LogP contribution in [0.2, 0.25) is 0 Å². The molecule has 1 aromatic rings. The number of hydrogen-bond acceptors (Lipinski definition) is 2. The summed E-state index contributed by atoms with van der Waals surface area (Å²) in [5, 5.41) is 8.14. The molecule has 1 aromatic heterocycles. The standard InChI is InChI=1S/C12H21N3/c1-4-11-12(9(2)14-15(11)3)13-10-7-5-6-8-10/h10,13H,4-8H2,1-3H3. The highest BCUT2D eigenvalue weighted by molar-refractivity contribution is 5.53. The van der Waals surface area contributed by atoms with Crippen LogP contribution in [-0.4, -0.2) is 15.8 Å². The molecule has 0 bridgehead atoms. The molecule has 0 aromatic carbocycles. The minimum Gasteiger partial charge on any atom is -0.379 e. The van der Waals surface area contributed by atoms with Gasteiger partial charge in [-0.2, -0.15) is 5.10 Å². The average Bonchev–Trinajstić information content (AvgIpc) is 2.77. The van der Waals surface area contributed by atoms with Crippen molar-refractivity contribution in [2.75, 3.05) is 5.32 Å². The smallest absolute Gasteiger partial charge is 0.0828 e. The first-order valence-corrected chi connectivity index (χ1v) is 6.01. The molecule has 2 rings (SSSR count). The Kier molecular flexibility index (Phi) is 2.98. The highest BCUT2D eigenvalue weighted by atomic mass is 15.3. The topological polar surface area (TPSA) is 29.9 Å². The largest absolute Gasteiger partial charge is 0.379 e. The predicted octanol–water partition coefficient (Wildman–Crippen LogP) is 2.65. The lowest BCUT2D eigenvalue weighted by Crippen LogP contribution is -2.16. The van der Waals surface area contributed by atoms with Gasteiger partial charge in [0.15, 0.2) is 0 Å². The third kappa shape index (κ3) is 2.01. The van der Waals surface area contributed by atoms with Crippen molar-refractivity contribution in [2.45, 2.75) is 52.0 Å². The van der Waals surface area contributed by atoms with Gasteiger partial charge in [-0.3, -0.25) is 4.68 Å². The molecule has 0 unspecified atom stereocenters. The molecule has 1 aliphatic rings. The fraction of sp³-hybridized carbons (Fsp3) is 0.750. The van der Waals surface area contributed by atoms with Crippen molar-refractivity contribution in [2.24, 2.45) is 7.05 Å². The van der Waals surface area contributed by atoms with E-state index in [1.54, 1.807) is 0 Å². The van der Waals surface area contributed by atoms with Crippen LogP contribution in [-0.2, 0) is 13.5 Å². The summed E-state index contributed by atoms with van der Waals surface area (Å²) in [6, 6.07) is 0.679. The van der Waals surface area contributed by atoms with Crippen molar-refractivity contribution < 1.29 is 0 Å². The van der Waals surface area contributed by atoms with Crippen LogP contribution < -0.4 is 5.32 Å². The second-order valence-electron chi connectivity index (χ2n) is 4.51. The van der Waals surface area contributed by atoms with Gasteiger partial charge < -0.3 is 5.32 Å². The van der Waals surface area contributed by atoms with Crippen molar-refractivity contribution in [3.8, 4) is 0 Å².